The predicted octanol–water partition coefficient (Wildman–Crippen LogP) is 9.04. The van der Waals surface area contributed by atoms with Crippen LogP contribution in [0.1, 0.15) is 101 Å². The molecule has 0 bridgehead atoms. The molecule has 0 saturated heterocycles. The average molecular weight is 653 g/mol. The fourth-order valence-electron chi connectivity index (χ4n) is 5.39. The van der Waals surface area contributed by atoms with Gasteiger partial charge in [0.05, 0.1) is 0 Å². The number of aromatic nitrogens is 2. The number of nitrogens with zero attached hydrogens (tertiary/aromatic N) is 3. The van der Waals surface area contributed by atoms with E-state index in [1.54, 1.807) is 10.7 Å². The summed E-state index contributed by atoms with van der Waals surface area (Å²) in [4.78, 5) is 9.42. The molecule has 1 aromatic carbocycles. The van der Waals surface area contributed by atoms with Crippen LogP contribution in [0.5, 0.6) is 5.75 Å². The molecule has 0 spiro atoms. The van der Waals surface area contributed by atoms with Gasteiger partial charge in [0.25, 0.3) is 0 Å². The molecule has 212 valence electrons. The molecule has 0 N–H and O–H groups in total. The summed E-state index contributed by atoms with van der Waals surface area (Å²) < 4.78 is 16.9. The molecule has 0 amide bonds. The van der Waals surface area contributed by atoms with Crippen molar-refractivity contribution in [2.45, 2.75) is 106 Å². The zero-order valence-corrected chi connectivity index (χ0v) is 28.3. The molecule has 0 aliphatic carbocycles. The molecule has 1 aromatic heterocycles. The van der Waals surface area contributed by atoms with Crippen LogP contribution in [-0.4, -0.2) is 47.9 Å². The summed E-state index contributed by atoms with van der Waals surface area (Å²) in [7, 11) is 3.20. The van der Waals surface area contributed by atoms with E-state index >= 15 is 0 Å². The quantitative estimate of drug-likeness (QED) is 0.0696. The van der Waals surface area contributed by atoms with Crippen LogP contribution in [0.3, 0.4) is 0 Å². The molecule has 1 heterocycles. The van der Waals surface area contributed by atoms with Crippen LogP contribution < -0.4 is 4.74 Å². The number of unbranched alkanes of at least 4 members (excludes halogenated alkanes) is 4. The summed E-state index contributed by atoms with van der Waals surface area (Å²) >= 11 is 3.81. The summed E-state index contributed by atoms with van der Waals surface area (Å²) in [6.45, 7) is 10.9. The second-order valence-electron chi connectivity index (χ2n) is 10.3. The Morgan fingerprint density at radius 3 is 2.13 bits per heavy atom. The van der Waals surface area contributed by atoms with Crippen molar-refractivity contribution in [2.75, 3.05) is 14.2 Å². The Kier molecular flexibility index (Phi) is 14.8. The molecule has 6 nitrogen and oxygen atoms in total. The molecule has 0 atom stereocenters. The second kappa shape index (κ2) is 17.2. The van der Waals surface area contributed by atoms with E-state index in [4.69, 9.17) is 25.7 Å². The van der Waals surface area contributed by atoms with Gasteiger partial charge in [0.1, 0.15) is 0 Å². The fourth-order valence-corrected chi connectivity index (χ4v) is 22.7. The molecule has 2 aromatic rings. The van der Waals surface area contributed by atoms with E-state index < -0.39 is 18.4 Å². The van der Waals surface area contributed by atoms with Gasteiger partial charge < -0.3 is 0 Å². The number of hydrogen-bond donors (Lipinski definition) is 0. The number of hydrogen-bond acceptors (Lipinski definition) is 6. The minimum atomic E-state index is -2.81. The van der Waals surface area contributed by atoms with Crippen LogP contribution in [0.4, 0.5) is 0 Å². The van der Waals surface area contributed by atoms with E-state index in [0.717, 1.165) is 42.0 Å². The first-order valence-corrected chi connectivity index (χ1v) is 22.2. The third-order valence-corrected chi connectivity index (χ3v) is 23.5. The van der Waals surface area contributed by atoms with Crippen molar-refractivity contribution in [3.63, 3.8) is 0 Å². The Morgan fingerprint density at radius 1 is 1.00 bits per heavy atom. The number of ether oxygens (including phenoxy) is 1. The number of benzene rings is 1. The SMILES string of the molecule is CCC[CH2][Sn]([CH2]CCC)([CH2]CCC)/[C](=C/CCCc1nc(C)no1)c1cc(C)c(OC)c(/C(Cl)=N/OC)c1. The van der Waals surface area contributed by atoms with Crippen molar-refractivity contribution in [1.82, 2.24) is 10.1 Å². The van der Waals surface area contributed by atoms with Crippen molar-refractivity contribution in [3.05, 3.63) is 46.6 Å². The molecule has 38 heavy (non-hydrogen) atoms. The fraction of sp³-hybridized carbons (Fsp3) is 0.633. The van der Waals surface area contributed by atoms with E-state index in [1.807, 2.05) is 6.92 Å². The van der Waals surface area contributed by atoms with Gasteiger partial charge in [-0.25, -0.2) is 0 Å². The molecule has 0 fully saturated rings. The standard InChI is InChI=1S/C18H21ClN3O3.3C4H9.Sn/c1-12-10-14(11-15(17(12)23-3)18(19)22-24-4)8-6-5-7-9-16-20-13(2)21-25-16;3*1-3-4-2;/h6,10-11H,5,7,9H2,1-4H3;3*1,3-4H2,2H3;/b8-6?,22-18-;;;;. The molecule has 0 aliphatic heterocycles. The Morgan fingerprint density at radius 2 is 1.63 bits per heavy atom. The van der Waals surface area contributed by atoms with E-state index in [9.17, 15) is 0 Å². The first kappa shape index (κ1) is 32.7. The molecular weight excluding hydrogens is 605 g/mol. The van der Waals surface area contributed by atoms with Crippen molar-refractivity contribution in [3.8, 4) is 5.75 Å². The van der Waals surface area contributed by atoms with Crippen molar-refractivity contribution >= 4 is 38.7 Å². The number of halogens is 1. The van der Waals surface area contributed by atoms with E-state index in [-0.39, 0.29) is 0 Å². The third kappa shape index (κ3) is 9.28. The first-order valence-electron chi connectivity index (χ1n) is 14.3. The van der Waals surface area contributed by atoms with Gasteiger partial charge in [0.15, 0.2) is 0 Å². The molecule has 8 heteroatoms. The number of rotatable bonds is 18. The molecule has 0 saturated carbocycles. The summed E-state index contributed by atoms with van der Waals surface area (Å²) in [6, 6.07) is 4.50. The Bertz CT molecular complexity index is 1030. The third-order valence-electron chi connectivity index (χ3n) is 7.29. The minimum absolute atomic E-state index is 0.317. The Hall–Kier alpha value is -1.54. The average Bonchev–Trinajstić information content (AvgIpc) is 3.33. The van der Waals surface area contributed by atoms with Crippen molar-refractivity contribution < 1.29 is 14.1 Å². The maximum absolute atomic E-state index is 6.62. The van der Waals surface area contributed by atoms with Crippen LogP contribution in [0, 0.1) is 13.8 Å². The summed E-state index contributed by atoms with van der Waals surface area (Å²) in [5.41, 5.74) is 3.15. The van der Waals surface area contributed by atoms with Gasteiger partial charge >= 0.3 is 240 Å². The molecule has 0 unspecified atom stereocenters. The number of methoxy groups -OCH3 is 1. The first-order chi connectivity index (χ1) is 18.3. The van der Waals surface area contributed by atoms with Gasteiger partial charge in [-0.3, -0.25) is 0 Å². The normalized spacial score (nSPS) is 12.7. The summed E-state index contributed by atoms with van der Waals surface area (Å²) in [5, 5.41) is 8.31. The number of allylic oxidation sites excluding steroid dienone is 1. The van der Waals surface area contributed by atoms with Gasteiger partial charge in [0.2, 0.25) is 0 Å². The monoisotopic (exact) mass is 653 g/mol. The van der Waals surface area contributed by atoms with Gasteiger partial charge in [-0.1, -0.05) is 0 Å². The molecule has 2 rings (SSSR count). The van der Waals surface area contributed by atoms with E-state index in [2.05, 4.69) is 61.2 Å². The molecule has 0 radical (unpaired) electrons. The van der Waals surface area contributed by atoms with Crippen LogP contribution >= 0.6 is 11.6 Å². The number of oxime groups is 1. The molecular formula is C30H48ClN3O3Sn. The summed E-state index contributed by atoms with van der Waals surface area (Å²) in [6.07, 6.45) is 12.9. The summed E-state index contributed by atoms with van der Waals surface area (Å²) in [5.74, 6) is 2.17. The predicted molar refractivity (Wildman–Crippen MR) is 162 cm³/mol. The molecule has 0 aliphatic rings. The second-order valence-corrected chi connectivity index (χ2v) is 23.8. The van der Waals surface area contributed by atoms with Gasteiger partial charge in [-0.05, 0) is 0 Å². The van der Waals surface area contributed by atoms with Gasteiger partial charge in [0, 0.05) is 0 Å². The van der Waals surface area contributed by atoms with Gasteiger partial charge in [-0.2, -0.15) is 0 Å². The Labute approximate surface area is 239 Å². The van der Waals surface area contributed by atoms with E-state index in [1.165, 1.54) is 64.5 Å². The number of aryl methyl sites for hydroxylation is 3. The van der Waals surface area contributed by atoms with Crippen LogP contribution in [-0.2, 0) is 11.3 Å². The topological polar surface area (TPSA) is 69.7 Å². The maximum atomic E-state index is 6.62. The van der Waals surface area contributed by atoms with Crippen molar-refractivity contribution in [2.24, 2.45) is 5.16 Å². The zero-order valence-electron chi connectivity index (χ0n) is 24.7. The van der Waals surface area contributed by atoms with Crippen LogP contribution in [0.2, 0.25) is 13.3 Å². The Balaban J connectivity index is 2.65. The van der Waals surface area contributed by atoms with Crippen LogP contribution in [0.25, 0.3) is 3.59 Å². The zero-order chi connectivity index (χ0) is 28.0. The van der Waals surface area contributed by atoms with E-state index in [0.29, 0.717) is 11.0 Å². The van der Waals surface area contributed by atoms with Crippen molar-refractivity contribution in [1.29, 1.82) is 0 Å². The van der Waals surface area contributed by atoms with Crippen LogP contribution in [0.15, 0.2) is 27.9 Å². The van der Waals surface area contributed by atoms with Gasteiger partial charge in [-0.15, -0.1) is 0 Å².